The van der Waals surface area contributed by atoms with Gasteiger partial charge in [-0.25, -0.2) is 4.79 Å². The molecule has 2 aliphatic heterocycles. The van der Waals surface area contributed by atoms with Crippen LogP contribution in [0.15, 0.2) is 10.7 Å². The van der Waals surface area contributed by atoms with Crippen LogP contribution in [0.25, 0.3) is 0 Å². The Hall–Kier alpha value is -2.03. The molecule has 3 atom stereocenters. The summed E-state index contributed by atoms with van der Waals surface area (Å²) < 4.78 is 4.21. The molecule has 2 N–H and O–H groups in total. The molecule has 1 aromatic rings. The maximum atomic E-state index is 12.2. The number of aliphatic carboxylic acids is 1. The molecular weight excluding hydrogens is 310 g/mol. The first-order chi connectivity index (χ1) is 10.2. The molecule has 0 bridgehead atoms. The number of hydrogen-bond donors (Lipinski definition) is 2. The van der Waals surface area contributed by atoms with Crippen LogP contribution in [-0.4, -0.2) is 55.2 Å². The molecular formula is C13H15N3O5S. The van der Waals surface area contributed by atoms with Crippen molar-refractivity contribution in [1.82, 2.24) is 15.4 Å². The predicted octanol–water partition coefficient (Wildman–Crippen LogP) is 0.228. The van der Waals surface area contributed by atoms with E-state index in [-0.39, 0.29) is 16.8 Å². The zero-order valence-corrected chi connectivity index (χ0v) is 13.0. The van der Waals surface area contributed by atoms with Gasteiger partial charge in [-0.15, -0.1) is 11.8 Å². The van der Waals surface area contributed by atoms with Crippen LogP contribution in [-0.2, 0) is 9.59 Å². The number of aryl methyl sites for hydroxylation is 1. The largest absolute Gasteiger partial charge is 0.480 e. The van der Waals surface area contributed by atoms with Crippen molar-refractivity contribution in [3.8, 4) is 0 Å². The molecule has 0 aliphatic carbocycles. The van der Waals surface area contributed by atoms with Crippen molar-refractivity contribution in [3.05, 3.63) is 17.5 Å². The first-order valence-corrected chi connectivity index (χ1v) is 7.57. The zero-order valence-electron chi connectivity index (χ0n) is 12.2. The third kappa shape index (κ3) is 1.99. The molecule has 22 heavy (non-hydrogen) atoms. The number of nitrogens with zero attached hydrogens (tertiary/aromatic N) is 2. The highest BCUT2D eigenvalue weighted by Gasteiger charge is 2.64. The molecule has 0 unspecified atom stereocenters. The molecule has 0 radical (unpaired) electrons. The number of nitrogens with one attached hydrogen (secondary N) is 1. The van der Waals surface area contributed by atoms with Gasteiger partial charge in [-0.05, 0) is 20.8 Å². The summed E-state index contributed by atoms with van der Waals surface area (Å²) in [5, 5.41) is 15.1. The normalized spacial score (nSPS) is 29.0. The van der Waals surface area contributed by atoms with Crippen LogP contribution in [0.2, 0.25) is 0 Å². The van der Waals surface area contributed by atoms with Crippen LogP contribution in [0.3, 0.4) is 0 Å². The van der Waals surface area contributed by atoms with Crippen LogP contribution in [0.5, 0.6) is 0 Å². The number of amides is 2. The zero-order chi connectivity index (χ0) is 16.2. The number of fused-ring (bicyclic) bond motifs is 1. The molecule has 3 heterocycles. The lowest BCUT2D eigenvalue weighted by molar-refractivity contribution is -0.159. The van der Waals surface area contributed by atoms with Gasteiger partial charge in [-0.3, -0.25) is 9.59 Å². The average Bonchev–Trinajstić information content (AvgIpc) is 2.95. The summed E-state index contributed by atoms with van der Waals surface area (Å²) >= 11 is 1.38. The third-order valence-electron chi connectivity index (χ3n) is 3.96. The molecule has 0 aromatic carbocycles. The van der Waals surface area contributed by atoms with E-state index in [2.05, 4.69) is 10.5 Å². The Labute approximate surface area is 130 Å². The SMILES string of the molecule is Cc1oncc1C(=O)N[C@@H]1C(=O)N2[C@@H]1SC(C)(C)[C@@H]2C(=O)O. The summed E-state index contributed by atoms with van der Waals surface area (Å²) in [6, 6.07) is -1.61. The number of rotatable bonds is 3. The fraction of sp³-hybridized carbons (Fsp3) is 0.538. The molecule has 9 heteroatoms. The molecule has 0 spiro atoms. The van der Waals surface area contributed by atoms with Gasteiger partial charge in [0, 0.05) is 4.75 Å². The Morgan fingerprint density at radius 2 is 2.18 bits per heavy atom. The molecule has 2 saturated heterocycles. The Morgan fingerprint density at radius 1 is 1.50 bits per heavy atom. The average molecular weight is 325 g/mol. The topological polar surface area (TPSA) is 113 Å². The quantitative estimate of drug-likeness (QED) is 0.765. The van der Waals surface area contributed by atoms with Crippen molar-refractivity contribution < 1.29 is 24.0 Å². The molecule has 2 fully saturated rings. The first-order valence-electron chi connectivity index (χ1n) is 6.69. The molecule has 118 valence electrons. The number of carboxylic acid groups (broad SMARTS) is 1. The van der Waals surface area contributed by atoms with E-state index in [0.717, 1.165) is 0 Å². The van der Waals surface area contributed by atoms with Crippen LogP contribution in [0.4, 0.5) is 0 Å². The molecule has 1 aromatic heterocycles. The van der Waals surface area contributed by atoms with Gasteiger partial charge in [-0.2, -0.15) is 0 Å². The fourth-order valence-electron chi connectivity index (χ4n) is 2.88. The minimum absolute atomic E-state index is 0.267. The van der Waals surface area contributed by atoms with E-state index in [1.54, 1.807) is 20.8 Å². The lowest BCUT2D eigenvalue weighted by atomic mass is 9.96. The lowest BCUT2D eigenvalue weighted by Crippen LogP contribution is -2.70. The monoisotopic (exact) mass is 325 g/mol. The molecule has 3 rings (SSSR count). The van der Waals surface area contributed by atoms with Gasteiger partial charge in [-0.1, -0.05) is 5.16 Å². The highest BCUT2D eigenvalue weighted by molar-refractivity contribution is 8.01. The first kappa shape index (κ1) is 14.9. The summed E-state index contributed by atoms with van der Waals surface area (Å²) in [6.07, 6.45) is 1.29. The molecule has 2 amide bonds. The highest BCUT2D eigenvalue weighted by Crippen LogP contribution is 2.50. The van der Waals surface area contributed by atoms with Gasteiger partial charge in [0.15, 0.2) is 0 Å². The second kappa shape index (κ2) is 4.73. The fourth-order valence-corrected chi connectivity index (χ4v) is 4.51. The lowest BCUT2D eigenvalue weighted by Gasteiger charge is -2.43. The Balaban J connectivity index is 1.77. The maximum Gasteiger partial charge on any atom is 0.327 e. The van der Waals surface area contributed by atoms with Crippen LogP contribution < -0.4 is 5.32 Å². The number of hydrogen-bond acceptors (Lipinski definition) is 6. The van der Waals surface area contributed by atoms with Gasteiger partial charge in [0.25, 0.3) is 5.91 Å². The van der Waals surface area contributed by atoms with Gasteiger partial charge in [0.05, 0.1) is 6.20 Å². The Kier molecular flexibility index (Phi) is 3.20. The molecule has 0 saturated carbocycles. The van der Waals surface area contributed by atoms with Gasteiger partial charge < -0.3 is 19.8 Å². The number of carbonyl (C=O) groups excluding carboxylic acids is 2. The maximum absolute atomic E-state index is 12.2. The second-order valence-corrected chi connectivity index (χ2v) is 7.62. The minimum Gasteiger partial charge on any atom is -0.480 e. The van der Waals surface area contributed by atoms with Gasteiger partial charge in [0.1, 0.15) is 28.8 Å². The summed E-state index contributed by atoms with van der Waals surface area (Å²) in [7, 11) is 0. The smallest absolute Gasteiger partial charge is 0.327 e. The van der Waals surface area contributed by atoms with Crippen molar-refractivity contribution in [2.75, 3.05) is 0 Å². The number of carbonyl (C=O) groups is 3. The van der Waals surface area contributed by atoms with Crippen molar-refractivity contribution in [2.45, 2.75) is 43.0 Å². The molecule has 8 nitrogen and oxygen atoms in total. The number of carboxylic acids is 1. The van der Waals surface area contributed by atoms with Gasteiger partial charge >= 0.3 is 5.97 Å². The van der Waals surface area contributed by atoms with E-state index < -0.39 is 28.7 Å². The highest BCUT2D eigenvalue weighted by atomic mass is 32.2. The van der Waals surface area contributed by atoms with E-state index in [0.29, 0.717) is 5.76 Å². The van der Waals surface area contributed by atoms with Crippen molar-refractivity contribution >= 4 is 29.5 Å². The summed E-state index contributed by atoms with van der Waals surface area (Å²) in [6.45, 7) is 5.17. The number of β-lactam (4-membered cyclic amide) rings is 1. The van der Waals surface area contributed by atoms with E-state index in [4.69, 9.17) is 4.52 Å². The summed E-state index contributed by atoms with van der Waals surface area (Å²) in [5.74, 6) is -1.50. The van der Waals surface area contributed by atoms with E-state index in [1.807, 2.05) is 0 Å². The van der Waals surface area contributed by atoms with E-state index in [9.17, 15) is 19.5 Å². The number of thioether (sulfide) groups is 1. The third-order valence-corrected chi connectivity index (χ3v) is 5.53. The van der Waals surface area contributed by atoms with E-state index in [1.165, 1.54) is 22.9 Å². The van der Waals surface area contributed by atoms with Crippen molar-refractivity contribution in [3.63, 3.8) is 0 Å². The Morgan fingerprint density at radius 3 is 2.73 bits per heavy atom. The van der Waals surface area contributed by atoms with Crippen molar-refractivity contribution in [1.29, 1.82) is 0 Å². The Bertz CT molecular complexity index is 670. The standard InChI is InChI=1S/C13H15N3O5S/c1-5-6(4-14-21-5)9(17)15-7-10(18)16-8(12(19)20)13(2,3)22-11(7)16/h4,7-8,11H,1-3H3,(H,15,17)(H,19,20)/t7-,8+,11-/m1/s1. The summed E-state index contributed by atoms with van der Waals surface area (Å²) in [4.78, 5) is 37.1. The van der Waals surface area contributed by atoms with Crippen LogP contribution >= 0.6 is 11.8 Å². The van der Waals surface area contributed by atoms with Crippen LogP contribution in [0.1, 0.15) is 30.0 Å². The number of aromatic nitrogens is 1. The van der Waals surface area contributed by atoms with Gasteiger partial charge in [0.2, 0.25) is 5.91 Å². The minimum atomic E-state index is -1.03. The second-order valence-electron chi connectivity index (χ2n) is 5.84. The molecule has 2 aliphatic rings. The summed E-state index contributed by atoms with van der Waals surface area (Å²) in [5.41, 5.74) is 0.267. The van der Waals surface area contributed by atoms with E-state index >= 15 is 0 Å². The van der Waals surface area contributed by atoms with Crippen LogP contribution in [0, 0.1) is 6.92 Å². The predicted molar refractivity (Wildman–Crippen MR) is 76.2 cm³/mol. The van der Waals surface area contributed by atoms with Crippen molar-refractivity contribution in [2.24, 2.45) is 0 Å².